The maximum absolute atomic E-state index is 5.80. The maximum Gasteiger partial charge on any atom is 0.157 e. The maximum atomic E-state index is 5.80. The van der Waals surface area contributed by atoms with E-state index < -0.39 is 0 Å². The summed E-state index contributed by atoms with van der Waals surface area (Å²) in [5.74, 6) is 1.51. The van der Waals surface area contributed by atoms with Crippen molar-refractivity contribution >= 4 is 17.8 Å². The van der Waals surface area contributed by atoms with Crippen LogP contribution in [0.25, 0.3) is 12.2 Å². The molecule has 0 saturated heterocycles. The van der Waals surface area contributed by atoms with Gasteiger partial charge in [0, 0.05) is 0 Å². The fraction of sp³-hybridized carbons (Fsp3) is 0.214. The quantitative estimate of drug-likeness (QED) is 0.897. The third-order valence-electron chi connectivity index (χ3n) is 2.56. The Labute approximate surface area is 106 Å². The van der Waals surface area contributed by atoms with Crippen LogP contribution in [0.15, 0.2) is 28.8 Å². The van der Waals surface area contributed by atoms with Gasteiger partial charge < -0.3 is 15.0 Å². The van der Waals surface area contributed by atoms with Crippen molar-refractivity contribution in [2.75, 3.05) is 12.3 Å². The number of anilines is 1. The van der Waals surface area contributed by atoms with E-state index in [0.29, 0.717) is 23.7 Å². The molecule has 2 rings (SSSR count). The van der Waals surface area contributed by atoms with E-state index in [1.54, 1.807) is 6.92 Å². The van der Waals surface area contributed by atoms with Crippen LogP contribution in [0.3, 0.4) is 0 Å². The zero-order valence-electron chi connectivity index (χ0n) is 10.5. The third-order valence-corrected chi connectivity index (χ3v) is 2.56. The summed E-state index contributed by atoms with van der Waals surface area (Å²) in [6, 6.07) is 7.82. The molecule has 1 aromatic heterocycles. The highest BCUT2D eigenvalue weighted by Crippen LogP contribution is 2.19. The molecule has 0 spiro atoms. The molecular formula is C14H16N2O2. The minimum absolute atomic E-state index is 0.581. The number of benzene rings is 1. The number of nitrogens with zero attached hydrogens (tertiary/aromatic N) is 1. The van der Waals surface area contributed by atoms with Crippen LogP contribution in [0.1, 0.15) is 23.9 Å². The number of nitrogens with two attached hydrogens (primary N) is 1. The second-order valence-corrected chi connectivity index (χ2v) is 3.87. The Morgan fingerprint density at radius 3 is 2.56 bits per heavy atom. The molecular weight excluding hydrogens is 228 g/mol. The van der Waals surface area contributed by atoms with Crippen molar-refractivity contribution in [1.29, 1.82) is 0 Å². The van der Waals surface area contributed by atoms with Crippen molar-refractivity contribution < 1.29 is 9.26 Å². The summed E-state index contributed by atoms with van der Waals surface area (Å²) in [4.78, 5) is 0. The smallest absolute Gasteiger partial charge is 0.157 e. The Morgan fingerprint density at radius 1 is 1.28 bits per heavy atom. The van der Waals surface area contributed by atoms with Gasteiger partial charge in [0.15, 0.2) is 5.76 Å². The molecule has 94 valence electrons. The summed E-state index contributed by atoms with van der Waals surface area (Å²) < 4.78 is 10.4. The van der Waals surface area contributed by atoms with Gasteiger partial charge >= 0.3 is 0 Å². The van der Waals surface area contributed by atoms with E-state index in [-0.39, 0.29) is 0 Å². The second kappa shape index (κ2) is 5.40. The topological polar surface area (TPSA) is 61.3 Å². The summed E-state index contributed by atoms with van der Waals surface area (Å²) in [6.45, 7) is 4.42. The number of ether oxygens (including phenoxy) is 1. The lowest BCUT2D eigenvalue weighted by atomic mass is 10.2. The Bertz CT molecular complexity index is 541. The van der Waals surface area contributed by atoms with Crippen molar-refractivity contribution in [3.05, 3.63) is 41.3 Å². The number of nitrogen functional groups attached to an aromatic ring is 1. The number of hydrogen-bond acceptors (Lipinski definition) is 4. The van der Waals surface area contributed by atoms with Crippen LogP contribution in [-0.4, -0.2) is 11.8 Å². The minimum Gasteiger partial charge on any atom is -0.494 e. The first kappa shape index (κ1) is 12.2. The predicted octanol–water partition coefficient (Wildman–Crippen LogP) is 3.13. The fourth-order valence-corrected chi connectivity index (χ4v) is 1.53. The van der Waals surface area contributed by atoms with E-state index in [1.807, 2.05) is 43.3 Å². The Hall–Kier alpha value is -2.23. The van der Waals surface area contributed by atoms with Crippen LogP contribution in [0, 0.1) is 6.92 Å². The summed E-state index contributed by atoms with van der Waals surface area (Å²) >= 11 is 0. The largest absolute Gasteiger partial charge is 0.494 e. The Morgan fingerprint density at radius 2 is 2.00 bits per heavy atom. The van der Waals surface area contributed by atoms with Gasteiger partial charge in [-0.1, -0.05) is 23.4 Å². The second-order valence-electron chi connectivity index (χ2n) is 3.87. The van der Waals surface area contributed by atoms with E-state index in [9.17, 15) is 0 Å². The minimum atomic E-state index is 0.581. The summed E-state index contributed by atoms with van der Waals surface area (Å²) in [6.07, 6.45) is 3.77. The van der Waals surface area contributed by atoms with E-state index in [2.05, 4.69) is 5.16 Å². The van der Waals surface area contributed by atoms with Crippen molar-refractivity contribution in [3.8, 4) is 5.75 Å². The number of rotatable bonds is 4. The normalized spacial score (nSPS) is 11.0. The van der Waals surface area contributed by atoms with Crippen LogP contribution in [0.4, 0.5) is 5.69 Å². The van der Waals surface area contributed by atoms with E-state index in [0.717, 1.165) is 11.3 Å². The van der Waals surface area contributed by atoms with E-state index in [4.69, 9.17) is 15.0 Å². The summed E-state index contributed by atoms with van der Waals surface area (Å²) in [5, 5.41) is 3.87. The summed E-state index contributed by atoms with van der Waals surface area (Å²) in [7, 11) is 0. The van der Waals surface area contributed by atoms with Gasteiger partial charge in [0.05, 0.1) is 6.61 Å². The van der Waals surface area contributed by atoms with Crippen LogP contribution in [-0.2, 0) is 0 Å². The number of aryl methyl sites for hydroxylation is 1. The molecule has 0 unspecified atom stereocenters. The molecule has 0 aliphatic rings. The van der Waals surface area contributed by atoms with Crippen LogP contribution >= 0.6 is 0 Å². The third kappa shape index (κ3) is 2.71. The van der Waals surface area contributed by atoms with Gasteiger partial charge in [-0.15, -0.1) is 0 Å². The molecule has 0 saturated carbocycles. The molecule has 1 heterocycles. The molecule has 4 nitrogen and oxygen atoms in total. The van der Waals surface area contributed by atoms with Crippen LogP contribution < -0.4 is 10.5 Å². The van der Waals surface area contributed by atoms with Gasteiger partial charge in [-0.05, 0) is 37.6 Å². The fourth-order valence-electron chi connectivity index (χ4n) is 1.53. The molecule has 1 aromatic carbocycles. The Balaban J connectivity index is 2.11. The number of hydrogen-bond donors (Lipinski definition) is 1. The predicted molar refractivity (Wildman–Crippen MR) is 72.2 cm³/mol. The first-order valence-corrected chi connectivity index (χ1v) is 5.83. The highest BCUT2D eigenvalue weighted by atomic mass is 16.5. The standard InChI is InChI=1S/C14H16N2O2/c1-3-17-12-7-4-11(5-8-12)6-9-13-14(15)10(2)18-16-13/h4-9H,3,15H2,1-2H3/b9-6+. The lowest BCUT2D eigenvalue weighted by Crippen LogP contribution is -1.90. The lowest BCUT2D eigenvalue weighted by Gasteiger charge is -2.02. The monoisotopic (exact) mass is 244 g/mol. The van der Waals surface area contributed by atoms with Crippen molar-refractivity contribution in [2.24, 2.45) is 0 Å². The molecule has 0 amide bonds. The van der Waals surface area contributed by atoms with Gasteiger partial charge in [0.1, 0.15) is 17.1 Å². The first-order valence-electron chi connectivity index (χ1n) is 5.83. The van der Waals surface area contributed by atoms with Crippen molar-refractivity contribution in [3.63, 3.8) is 0 Å². The van der Waals surface area contributed by atoms with Gasteiger partial charge in [-0.25, -0.2) is 0 Å². The van der Waals surface area contributed by atoms with Crippen molar-refractivity contribution in [1.82, 2.24) is 5.16 Å². The molecule has 2 N–H and O–H groups in total. The average molecular weight is 244 g/mol. The van der Waals surface area contributed by atoms with Crippen LogP contribution in [0.5, 0.6) is 5.75 Å². The molecule has 0 bridgehead atoms. The molecule has 2 aromatic rings. The molecule has 0 fully saturated rings. The van der Waals surface area contributed by atoms with Gasteiger partial charge in [0.2, 0.25) is 0 Å². The molecule has 0 radical (unpaired) electrons. The molecule has 0 aliphatic heterocycles. The van der Waals surface area contributed by atoms with E-state index >= 15 is 0 Å². The lowest BCUT2D eigenvalue weighted by molar-refractivity contribution is 0.340. The molecule has 4 heteroatoms. The van der Waals surface area contributed by atoms with Gasteiger partial charge in [0.25, 0.3) is 0 Å². The zero-order chi connectivity index (χ0) is 13.0. The zero-order valence-corrected chi connectivity index (χ0v) is 10.5. The SMILES string of the molecule is CCOc1ccc(/C=C/c2noc(C)c2N)cc1. The molecule has 18 heavy (non-hydrogen) atoms. The molecule has 0 aliphatic carbocycles. The Kier molecular flexibility index (Phi) is 3.67. The number of aromatic nitrogens is 1. The highest BCUT2D eigenvalue weighted by Gasteiger charge is 2.04. The van der Waals surface area contributed by atoms with Crippen molar-refractivity contribution in [2.45, 2.75) is 13.8 Å². The highest BCUT2D eigenvalue weighted by molar-refractivity contribution is 5.74. The van der Waals surface area contributed by atoms with Crippen LogP contribution in [0.2, 0.25) is 0 Å². The van der Waals surface area contributed by atoms with Gasteiger partial charge in [-0.3, -0.25) is 0 Å². The first-order chi connectivity index (χ1) is 8.70. The van der Waals surface area contributed by atoms with E-state index in [1.165, 1.54) is 0 Å². The molecule has 0 atom stereocenters. The summed E-state index contributed by atoms with van der Waals surface area (Å²) in [5.41, 5.74) is 8.09. The average Bonchev–Trinajstić information content (AvgIpc) is 2.70. The van der Waals surface area contributed by atoms with Gasteiger partial charge in [-0.2, -0.15) is 0 Å².